The molecule has 0 amide bonds. The van der Waals surface area contributed by atoms with Crippen molar-refractivity contribution in [2.75, 3.05) is 7.11 Å². The van der Waals surface area contributed by atoms with Gasteiger partial charge in [-0.05, 0) is 61.0 Å². The molecule has 0 radical (unpaired) electrons. The minimum Gasteiger partial charge on any atom is -0.497 e. The Kier molecular flexibility index (Phi) is 4.63. The molecule has 2 aromatic carbocycles. The van der Waals surface area contributed by atoms with Crippen molar-refractivity contribution in [1.82, 2.24) is 0 Å². The number of halogens is 1. The zero-order chi connectivity index (χ0) is 16.2. The zero-order valence-electron chi connectivity index (χ0n) is 12.9. The molecular formula is C19H16BrNO2. The second-order valence-electron chi connectivity index (χ2n) is 5.14. The lowest BCUT2D eigenvalue weighted by molar-refractivity contribution is 0.415. The summed E-state index contributed by atoms with van der Waals surface area (Å²) in [6.45, 7) is 2.06. The predicted molar refractivity (Wildman–Crippen MR) is 96.8 cm³/mol. The Morgan fingerprint density at radius 2 is 1.83 bits per heavy atom. The molecule has 0 saturated heterocycles. The molecule has 0 atom stereocenters. The largest absolute Gasteiger partial charge is 0.497 e. The molecule has 4 heteroatoms. The Balaban J connectivity index is 1.79. The molecule has 0 aliphatic rings. The Labute approximate surface area is 143 Å². The summed E-state index contributed by atoms with van der Waals surface area (Å²) in [6.07, 6.45) is 1.72. The smallest absolute Gasteiger partial charge is 0.145 e. The molecule has 116 valence electrons. The van der Waals surface area contributed by atoms with E-state index in [0.717, 1.165) is 27.2 Å². The van der Waals surface area contributed by atoms with E-state index in [1.54, 1.807) is 13.3 Å². The van der Waals surface area contributed by atoms with Crippen LogP contribution in [0, 0.1) is 6.92 Å². The third-order valence-corrected chi connectivity index (χ3v) is 4.09. The van der Waals surface area contributed by atoms with Crippen molar-refractivity contribution in [3.63, 3.8) is 0 Å². The maximum Gasteiger partial charge on any atom is 0.145 e. The molecule has 0 aliphatic carbocycles. The van der Waals surface area contributed by atoms with Crippen LogP contribution in [0.3, 0.4) is 0 Å². The van der Waals surface area contributed by atoms with E-state index in [4.69, 9.17) is 9.15 Å². The minimum atomic E-state index is 0.711. The second kappa shape index (κ2) is 6.84. The molecule has 0 bridgehead atoms. The van der Waals surface area contributed by atoms with Crippen LogP contribution >= 0.6 is 15.9 Å². The fraction of sp³-hybridized carbons (Fsp3) is 0.105. The molecule has 1 heterocycles. The van der Waals surface area contributed by atoms with Gasteiger partial charge in [0, 0.05) is 10.0 Å². The van der Waals surface area contributed by atoms with Crippen LogP contribution < -0.4 is 4.74 Å². The number of hydrogen-bond acceptors (Lipinski definition) is 3. The van der Waals surface area contributed by atoms with E-state index in [2.05, 4.69) is 40.0 Å². The van der Waals surface area contributed by atoms with Crippen molar-refractivity contribution >= 4 is 27.8 Å². The first-order valence-electron chi connectivity index (χ1n) is 7.20. The molecule has 0 spiro atoms. The van der Waals surface area contributed by atoms with Crippen molar-refractivity contribution < 1.29 is 9.15 Å². The van der Waals surface area contributed by atoms with Gasteiger partial charge >= 0.3 is 0 Å². The van der Waals surface area contributed by atoms with Gasteiger partial charge in [0.05, 0.1) is 19.0 Å². The van der Waals surface area contributed by atoms with Crippen LogP contribution in [0.5, 0.6) is 5.75 Å². The number of ether oxygens (including phenoxy) is 1. The molecule has 23 heavy (non-hydrogen) atoms. The quantitative estimate of drug-likeness (QED) is 0.546. The van der Waals surface area contributed by atoms with Gasteiger partial charge in [-0.1, -0.05) is 22.0 Å². The number of benzene rings is 2. The van der Waals surface area contributed by atoms with Gasteiger partial charge < -0.3 is 9.15 Å². The van der Waals surface area contributed by atoms with Crippen molar-refractivity contribution in [2.45, 2.75) is 6.92 Å². The molecule has 3 rings (SSSR count). The number of hydrogen-bond donors (Lipinski definition) is 0. The number of furan rings is 1. The summed E-state index contributed by atoms with van der Waals surface area (Å²) >= 11 is 3.58. The van der Waals surface area contributed by atoms with Crippen molar-refractivity contribution in [1.29, 1.82) is 0 Å². The van der Waals surface area contributed by atoms with E-state index >= 15 is 0 Å². The van der Waals surface area contributed by atoms with Gasteiger partial charge in [0.25, 0.3) is 0 Å². The molecule has 0 N–H and O–H groups in total. The highest BCUT2D eigenvalue weighted by atomic mass is 79.9. The number of nitrogens with zero attached hydrogens (tertiary/aromatic N) is 1. The summed E-state index contributed by atoms with van der Waals surface area (Å²) in [5, 5.41) is 0. The first-order chi connectivity index (χ1) is 11.2. The second-order valence-corrected chi connectivity index (χ2v) is 6.00. The molecule has 1 aromatic heterocycles. The number of methoxy groups -OCH3 is 1. The van der Waals surface area contributed by atoms with E-state index in [1.165, 1.54) is 5.56 Å². The topological polar surface area (TPSA) is 34.7 Å². The van der Waals surface area contributed by atoms with Crippen molar-refractivity contribution in [3.8, 4) is 17.1 Å². The molecule has 0 aliphatic heterocycles. The monoisotopic (exact) mass is 369 g/mol. The van der Waals surface area contributed by atoms with Crippen LogP contribution in [-0.4, -0.2) is 13.3 Å². The van der Waals surface area contributed by atoms with Crippen LogP contribution in [0.4, 0.5) is 5.69 Å². The standard InChI is InChI=1S/C19H16BrNO2/c1-13-3-9-17(18(20)11-13)19-10-8-16(23-19)12-21-14-4-6-15(22-2)7-5-14/h3-12H,1-2H3. The lowest BCUT2D eigenvalue weighted by Gasteiger charge is -2.02. The van der Waals surface area contributed by atoms with Gasteiger partial charge in [-0.25, -0.2) is 0 Å². The average Bonchev–Trinajstić information content (AvgIpc) is 3.02. The van der Waals surface area contributed by atoms with Crippen LogP contribution in [0.2, 0.25) is 0 Å². The van der Waals surface area contributed by atoms with Gasteiger partial charge in [-0.2, -0.15) is 0 Å². The van der Waals surface area contributed by atoms with Gasteiger partial charge in [0.15, 0.2) is 0 Å². The summed E-state index contributed by atoms with van der Waals surface area (Å²) in [4.78, 5) is 4.41. The lowest BCUT2D eigenvalue weighted by atomic mass is 10.1. The van der Waals surface area contributed by atoms with Gasteiger partial charge in [-0.3, -0.25) is 4.99 Å². The molecule has 0 unspecified atom stereocenters. The highest BCUT2D eigenvalue weighted by Crippen LogP contribution is 2.30. The van der Waals surface area contributed by atoms with E-state index in [0.29, 0.717) is 5.76 Å². The fourth-order valence-electron chi connectivity index (χ4n) is 2.19. The maximum absolute atomic E-state index is 5.85. The van der Waals surface area contributed by atoms with Crippen LogP contribution in [-0.2, 0) is 0 Å². The summed E-state index contributed by atoms with van der Waals surface area (Å²) in [7, 11) is 1.64. The van der Waals surface area contributed by atoms with Crippen LogP contribution in [0.15, 0.2) is 68.5 Å². The molecule has 3 nitrogen and oxygen atoms in total. The van der Waals surface area contributed by atoms with E-state index in [9.17, 15) is 0 Å². The van der Waals surface area contributed by atoms with E-state index in [1.807, 2.05) is 42.5 Å². The van der Waals surface area contributed by atoms with Gasteiger partial charge in [-0.15, -0.1) is 0 Å². The van der Waals surface area contributed by atoms with Crippen molar-refractivity contribution in [2.24, 2.45) is 4.99 Å². The van der Waals surface area contributed by atoms with E-state index < -0.39 is 0 Å². The highest BCUT2D eigenvalue weighted by Gasteiger charge is 2.07. The Morgan fingerprint density at radius 3 is 2.52 bits per heavy atom. The predicted octanol–water partition coefficient (Wildman–Crippen LogP) is 5.78. The third-order valence-electron chi connectivity index (χ3n) is 3.43. The Hall–Kier alpha value is -2.33. The summed E-state index contributed by atoms with van der Waals surface area (Å²) in [5.41, 5.74) is 3.08. The molecule has 0 saturated carbocycles. The Morgan fingerprint density at radius 1 is 1.04 bits per heavy atom. The SMILES string of the molecule is COc1ccc(N=Cc2ccc(-c3ccc(C)cc3Br)o2)cc1. The molecular weight excluding hydrogens is 354 g/mol. The zero-order valence-corrected chi connectivity index (χ0v) is 14.5. The summed E-state index contributed by atoms with van der Waals surface area (Å²) < 4.78 is 12.0. The van der Waals surface area contributed by atoms with Crippen LogP contribution in [0.1, 0.15) is 11.3 Å². The van der Waals surface area contributed by atoms with Gasteiger partial charge in [0.2, 0.25) is 0 Å². The van der Waals surface area contributed by atoms with Gasteiger partial charge in [0.1, 0.15) is 17.3 Å². The number of rotatable bonds is 4. The normalized spacial score (nSPS) is 11.1. The average molecular weight is 370 g/mol. The molecule has 0 fully saturated rings. The third kappa shape index (κ3) is 3.71. The fourth-order valence-corrected chi connectivity index (χ4v) is 2.88. The first-order valence-corrected chi connectivity index (χ1v) is 7.99. The summed E-state index contributed by atoms with van der Waals surface area (Å²) in [6, 6.07) is 17.6. The first kappa shape index (κ1) is 15.6. The lowest BCUT2D eigenvalue weighted by Crippen LogP contribution is -1.80. The van der Waals surface area contributed by atoms with Crippen LogP contribution in [0.25, 0.3) is 11.3 Å². The number of aliphatic imine (C=N–C) groups is 1. The maximum atomic E-state index is 5.85. The van der Waals surface area contributed by atoms with E-state index in [-0.39, 0.29) is 0 Å². The number of aryl methyl sites for hydroxylation is 1. The van der Waals surface area contributed by atoms with Crippen molar-refractivity contribution in [3.05, 3.63) is 70.4 Å². The molecule has 3 aromatic rings. The Bertz CT molecular complexity index is 835. The minimum absolute atomic E-state index is 0.711. The summed E-state index contributed by atoms with van der Waals surface area (Å²) in [5.74, 6) is 2.34. The highest BCUT2D eigenvalue weighted by molar-refractivity contribution is 9.10.